The average molecular weight is 384 g/mol. The number of aromatic amines is 1. The van der Waals surface area contributed by atoms with Gasteiger partial charge in [0.1, 0.15) is 11.3 Å². The predicted molar refractivity (Wildman–Crippen MR) is 109 cm³/mol. The molecule has 3 heterocycles. The van der Waals surface area contributed by atoms with Crippen molar-refractivity contribution >= 4 is 29.3 Å². The Morgan fingerprint density at radius 2 is 2.18 bits per heavy atom. The molecule has 0 bridgehead atoms. The summed E-state index contributed by atoms with van der Waals surface area (Å²) in [6, 6.07) is 0.177. The van der Waals surface area contributed by atoms with Crippen LogP contribution in [0, 0.1) is 11.8 Å². The molecule has 2 aromatic heterocycles. The van der Waals surface area contributed by atoms with Gasteiger partial charge in [-0.25, -0.2) is 9.97 Å². The number of nitrogens with zero attached hydrogens (tertiary/aromatic N) is 3. The minimum atomic E-state index is -0.163. The molecular weight excluding hydrogens is 356 g/mol. The smallest absolute Gasteiger partial charge is 0.255 e. The predicted octanol–water partition coefficient (Wildman–Crippen LogP) is 2.18. The molecule has 1 saturated heterocycles. The maximum absolute atomic E-state index is 12.1. The van der Waals surface area contributed by atoms with Crippen LogP contribution in [-0.2, 0) is 4.79 Å². The Hall–Kier alpha value is -2.90. The highest BCUT2D eigenvalue weighted by Crippen LogP contribution is 2.41. The molecule has 0 radical (unpaired) electrons. The van der Waals surface area contributed by atoms with Crippen molar-refractivity contribution in [3.8, 4) is 0 Å². The molecule has 3 N–H and O–H groups in total. The summed E-state index contributed by atoms with van der Waals surface area (Å²) in [4.78, 5) is 37.0. The van der Waals surface area contributed by atoms with Crippen LogP contribution in [0.3, 0.4) is 0 Å². The van der Waals surface area contributed by atoms with Gasteiger partial charge in [-0.1, -0.05) is 6.08 Å². The SMILES string of the molecule is C=CC.CCNC(=O)c1c[nH]c2ncc(NC3CN(C=O)CC3C3CC3)nc12. The molecule has 2 atom stereocenters. The van der Waals surface area contributed by atoms with Gasteiger partial charge in [0.25, 0.3) is 5.91 Å². The van der Waals surface area contributed by atoms with E-state index in [4.69, 9.17) is 0 Å². The topological polar surface area (TPSA) is 103 Å². The molecule has 8 nitrogen and oxygen atoms in total. The first kappa shape index (κ1) is 19.9. The van der Waals surface area contributed by atoms with Crippen molar-refractivity contribution in [2.75, 3.05) is 25.0 Å². The van der Waals surface area contributed by atoms with E-state index in [2.05, 4.69) is 32.2 Å². The van der Waals surface area contributed by atoms with E-state index >= 15 is 0 Å². The van der Waals surface area contributed by atoms with Gasteiger partial charge in [-0.2, -0.15) is 0 Å². The van der Waals surface area contributed by atoms with Crippen molar-refractivity contribution in [1.82, 2.24) is 25.2 Å². The van der Waals surface area contributed by atoms with Gasteiger partial charge in [-0.15, -0.1) is 6.58 Å². The first-order chi connectivity index (χ1) is 13.6. The average Bonchev–Trinajstić information content (AvgIpc) is 3.31. The van der Waals surface area contributed by atoms with E-state index < -0.39 is 0 Å². The first-order valence-corrected chi connectivity index (χ1v) is 9.76. The number of amides is 2. The normalized spacial score (nSPS) is 21.0. The largest absolute Gasteiger partial charge is 0.364 e. The zero-order valence-corrected chi connectivity index (χ0v) is 16.4. The lowest BCUT2D eigenvalue weighted by atomic mass is 9.98. The van der Waals surface area contributed by atoms with Crippen LogP contribution < -0.4 is 10.6 Å². The van der Waals surface area contributed by atoms with Crippen molar-refractivity contribution in [2.45, 2.75) is 32.7 Å². The van der Waals surface area contributed by atoms with Crippen LogP contribution in [0.1, 0.15) is 37.0 Å². The Morgan fingerprint density at radius 3 is 2.82 bits per heavy atom. The lowest BCUT2D eigenvalue weighted by Crippen LogP contribution is -2.30. The number of nitrogens with one attached hydrogen (secondary N) is 3. The van der Waals surface area contributed by atoms with E-state index in [0.717, 1.165) is 13.0 Å². The quantitative estimate of drug-likeness (QED) is 0.523. The number of rotatable bonds is 6. The lowest BCUT2D eigenvalue weighted by molar-refractivity contribution is -0.117. The number of hydrogen-bond donors (Lipinski definition) is 3. The van der Waals surface area contributed by atoms with Gasteiger partial charge in [0.2, 0.25) is 6.41 Å². The number of carbonyl (C=O) groups is 2. The standard InChI is InChI=1S/C17H22N6O2.C3H6/c1-2-18-17(25)11-5-19-16-15(11)22-14(6-20-16)21-13-8-23(9-24)7-12(13)10-3-4-10;1-3-2/h5-6,9-10,12-13H,2-4,7-8H2,1H3,(H,18,25)(H,19,20)(H,21,22);3H,1H2,2H3. The summed E-state index contributed by atoms with van der Waals surface area (Å²) in [6.45, 7) is 9.17. The molecule has 1 saturated carbocycles. The molecule has 2 fully saturated rings. The summed E-state index contributed by atoms with van der Waals surface area (Å²) in [5.41, 5.74) is 1.64. The summed E-state index contributed by atoms with van der Waals surface area (Å²) < 4.78 is 0. The molecule has 2 unspecified atom stereocenters. The fraction of sp³-hybridized carbons (Fsp3) is 0.500. The Labute approximate surface area is 164 Å². The highest BCUT2D eigenvalue weighted by molar-refractivity contribution is 6.04. The maximum Gasteiger partial charge on any atom is 0.255 e. The van der Waals surface area contributed by atoms with Crippen molar-refractivity contribution in [3.05, 3.63) is 30.6 Å². The fourth-order valence-corrected chi connectivity index (χ4v) is 3.68. The van der Waals surface area contributed by atoms with Crippen molar-refractivity contribution in [3.63, 3.8) is 0 Å². The number of likely N-dealkylation sites (tertiary alicyclic amines) is 1. The van der Waals surface area contributed by atoms with E-state index in [1.807, 2.05) is 18.7 Å². The summed E-state index contributed by atoms with van der Waals surface area (Å²) >= 11 is 0. The highest BCUT2D eigenvalue weighted by Gasteiger charge is 2.42. The van der Waals surface area contributed by atoms with Gasteiger partial charge in [0.15, 0.2) is 5.65 Å². The second kappa shape index (κ2) is 8.86. The maximum atomic E-state index is 12.1. The van der Waals surface area contributed by atoms with Crippen LogP contribution in [0.5, 0.6) is 0 Å². The van der Waals surface area contributed by atoms with Gasteiger partial charge >= 0.3 is 0 Å². The third-order valence-corrected chi connectivity index (χ3v) is 5.07. The summed E-state index contributed by atoms with van der Waals surface area (Å²) in [5, 5.41) is 6.22. The molecule has 1 aliphatic carbocycles. The molecular formula is C20H28N6O2. The molecule has 0 aromatic carbocycles. The molecule has 2 amide bonds. The molecule has 2 aromatic rings. The van der Waals surface area contributed by atoms with E-state index in [1.165, 1.54) is 12.8 Å². The van der Waals surface area contributed by atoms with Crippen LogP contribution in [-0.4, -0.2) is 57.8 Å². The molecule has 1 aliphatic heterocycles. The van der Waals surface area contributed by atoms with Crippen molar-refractivity contribution < 1.29 is 9.59 Å². The zero-order chi connectivity index (χ0) is 20.1. The number of fused-ring (bicyclic) bond motifs is 1. The van der Waals surface area contributed by atoms with E-state index in [9.17, 15) is 9.59 Å². The molecule has 28 heavy (non-hydrogen) atoms. The minimum absolute atomic E-state index is 0.163. The Morgan fingerprint density at radius 1 is 1.43 bits per heavy atom. The van der Waals surface area contributed by atoms with E-state index in [1.54, 1.807) is 18.5 Å². The molecule has 8 heteroatoms. The highest BCUT2D eigenvalue weighted by atomic mass is 16.1. The minimum Gasteiger partial charge on any atom is -0.364 e. The van der Waals surface area contributed by atoms with Crippen LogP contribution in [0.25, 0.3) is 11.2 Å². The van der Waals surface area contributed by atoms with Crippen LogP contribution in [0.15, 0.2) is 25.0 Å². The number of H-pyrrole nitrogens is 1. The van der Waals surface area contributed by atoms with Crippen LogP contribution in [0.2, 0.25) is 0 Å². The van der Waals surface area contributed by atoms with Gasteiger partial charge in [-0.3, -0.25) is 9.59 Å². The second-order valence-corrected chi connectivity index (χ2v) is 7.23. The Kier molecular flexibility index (Phi) is 6.28. The lowest BCUT2D eigenvalue weighted by Gasteiger charge is -2.19. The Balaban J connectivity index is 0.000000706. The third kappa shape index (κ3) is 4.32. The summed E-state index contributed by atoms with van der Waals surface area (Å²) in [7, 11) is 0. The van der Waals surface area contributed by atoms with Gasteiger partial charge in [0.05, 0.1) is 11.8 Å². The Bertz CT molecular complexity index is 844. The van der Waals surface area contributed by atoms with Gasteiger partial charge in [-0.05, 0) is 32.6 Å². The number of aromatic nitrogens is 3. The molecule has 2 aliphatic rings. The number of allylic oxidation sites excluding steroid dienone is 1. The van der Waals surface area contributed by atoms with Gasteiger partial charge in [0, 0.05) is 37.8 Å². The fourth-order valence-electron chi connectivity index (χ4n) is 3.68. The number of anilines is 1. The van der Waals surface area contributed by atoms with Crippen molar-refractivity contribution in [2.24, 2.45) is 11.8 Å². The molecule has 0 spiro atoms. The zero-order valence-electron chi connectivity index (χ0n) is 16.4. The van der Waals surface area contributed by atoms with Crippen molar-refractivity contribution in [1.29, 1.82) is 0 Å². The number of carbonyl (C=O) groups excluding carboxylic acids is 2. The summed E-state index contributed by atoms with van der Waals surface area (Å²) in [5.74, 6) is 1.62. The number of hydrogen-bond acceptors (Lipinski definition) is 5. The first-order valence-electron chi connectivity index (χ1n) is 9.76. The van der Waals surface area contributed by atoms with Crippen LogP contribution >= 0.6 is 0 Å². The van der Waals surface area contributed by atoms with E-state index in [-0.39, 0.29) is 11.9 Å². The van der Waals surface area contributed by atoms with Crippen LogP contribution in [0.4, 0.5) is 5.82 Å². The second-order valence-electron chi connectivity index (χ2n) is 7.23. The molecule has 4 rings (SSSR count). The summed E-state index contributed by atoms with van der Waals surface area (Å²) in [6.07, 6.45) is 8.45. The third-order valence-electron chi connectivity index (χ3n) is 5.07. The monoisotopic (exact) mass is 384 g/mol. The van der Waals surface area contributed by atoms with E-state index in [0.29, 0.717) is 47.5 Å². The molecule has 150 valence electrons. The van der Waals surface area contributed by atoms with Gasteiger partial charge < -0.3 is 20.5 Å².